The van der Waals surface area contributed by atoms with E-state index in [0.29, 0.717) is 11.6 Å². The molecule has 4 bridgehead atoms. The molecule has 2 heteroatoms. The maximum atomic E-state index is 2.77. The number of nitrogens with zero attached hydrogens (tertiary/aromatic N) is 2. The van der Waals surface area contributed by atoms with E-state index < -0.39 is 0 Å². The second-order valence-corrected chi connectivity index (χ2v) is 8.81. The molecule has 1 aliphatic heterocycles. The van der Waals surface area contributed by atoms with Crippen molar-refractivity contribution in [2.24, 2.45) is 17.8 Å². The van der Waals surface area contributed by atoms with Crippen molar-refractivity contribution in [1.82, 2.24) is 4.57 Å². The highest BCUT2D eigenvalue weighted by atomic mass is 15.2. The Bertz CT molecular complexity index is 547. The Balaban J connectivity index is 1.61. The van der Waals surface area contributed by atoms with Gasteiger partial charge in [-0.2, -0.15) is 0 Å². The van der Waals surface area contributed by atoms with Crippen LogP contribution >= 0.6 is 0 Å². The molecule has 0 spiro atoms. The van der Waals surface area contributed by atoms with Crippen LogP contribution in [0.3, 0.4) is 0 Å². The zero-order valence-electron chi connectivity index (χ0n) is 13.6. The number of aromatic nitrogens is 2. The predicted molar refractivity (Wildman–Crippen MR) is 83.2 cm³/mol. The molecular weight excluding hydrogens is 256 g/mol. The van der Waals surface area contributed by atoms with Crippen molar-refractivity contribution in [3.05, 3.63) is 17.7 Å². The maximum Gasteiger partial charge on any atom is 0.244 e. The van der Waals surface area contributed by atoms with Gasteiger partial charge in [-0.1, -0.05) is 0 Å². The molecule has 4 fully saturated rings. The minimum absolute atomic E-state index is 0.503. The van der Waals surface area contributed by atoms with E-state index in [1.807, 2.05) is 0 Å². The number of fused-ring (bicyclic) bond motifs is 1. The van der Waals surface area contributed by atoms with Crippen molar-refractivity contribution in [3.8, 4) is 0 Å². The predicted octanol–water partition coefficient (Wildman–Crippen LogP) is 3.91. The molecule has 1 atom stereocenters. The summed E-state index contributed by atoms with van der Waals surface area (Å²) in [6.45, 7) is 4.81. The van der Waals surface area contributed by atoms with Gasteiger partial charge in [-0.05, 0) is 76.0 Å². The van der Waals surface area contributed by atoms with E-state index in [9.17, 15) is 0 Å². The minimum Gasteiger partial charge on any atom is -0.231 e. The summed E-state index contributed by atoms with van der Waals surface area (Å²) in [6.07, 6.45) is 15.6. The third-order valence-electron chi connectivity index (χ3n) is 7.36. The average molecular weight is 285 g/mol. The minimum atomic E-state index is 0.503. The molecular formula is C19H29N2+. The van der Waals surface area contributed by atoms with E-state index in [4.69, 9.17) is 0 Å². The molecule has 0 amide bonds. The quantitative estimate of drug-likeness (QED) is 0.692. The first-order valence-corrected chi connectivity index (χ1v) is 9.27. The first-order valence-electron chi connectivity index (χ1n) is 9.27. The van der Waals surface area contributed by atoms with Crippen LogP contribution in [0.2, 0.25) is 0 Å². The highest BCUT2D eigenvalue weighted by Gasteiger charge is 2.55. The van der Waals surface area contributed by atoms with Crippen molar-refractivity contribution in [2.75, 3.05) is 0 Å². The second-order valence-electron chi connectivity index (χ2n) is 8.81. The van der Waals surface area contributed by atoms with Gasteiger partial charge in [-0.25, -0.2) is 9.13 Å². The topological polar surface area (TPSA) is 8.81 Å². The van der Waals surface area contributed by atoms with Crippen LogP contribution in [0.4, 0.5) is 0 Å². The van der Waals surface area contributed by atoms with Gasteiger partial charge >= 0.3 is 0 Å². The molecule has 0 saturated heterocycles. The van der Waals surface area contributed by atoms with E-state index in [0.717, 1.165) is 17.8 Å². The van der Waals surface area contributed by atoms with Crippen LogP contribution in [-0.2, 0) is 12.0 Å². The van der Waals surface area contributed by atoms with E-state index in [2.05, 4.69) is 29.3 Å². The first kappa shape index (κ1) is 12.7. The van der Waals surface area contributed by atoms with E-state index in [-0.39, 0.29) is 0 Å². The molecule has 2 nitrogen and oxygen atoms in total. The number of hydrogen-bond donors (Lipinski definition) is 0. The Morgan fingerprint density at radius 1 is 1.10 bits per heavy atom. The molecule has 0 N–H and O–H groups in total. The van der Waals surface area contributed by atoms with Gasteiger partial charge in [0, 0.05) is 13.3 Å². The summed E-state index contributed by atoms with van der Waals surface area (Å²) in [7, 11) is 0. The summed E-state index contributed by atoms with van der Waals surface area (Å²) in [6, 6.07) is 0.711. The molecule has 0 radical (unpaired) electrons. The van der Waals surface area contributed by atoms with Gasteiger partial charge in [-0.15, -0.1) is 0 Å². The summed E-state index contributed by atoms with van der Waals surface area (Å²) < 4.78 is 5.39. The van der Waals surface area contributed by atoms with Crippen molar-refractivity contribution in [3.63, 3.8) is 0 Å². The van der Waals surface area contributed by atoms with E-state index in [1.165, 1.54) is 38.5 Å². The molecule has 1 aromatic rings. The third kappa shape index (κ3) is 1.68. The summed E-state index contributed by atoms with van der Waals surface area (Å²) in [4.78, 5) is 0. The first-order chi connectivity index (χ1) is 10.1. The van der Waals surface area contributed by atoms with Crippen LogP contribution in [0, 0.1) is 24.7 Å². The molecule has 1 aromatic heterocycles. The summed E-state index contributed by atoms with van der Waals surface area (Å²) >= 11 is 0. The molecule has 114 valence electrons. The van der Waals surface area contributed by atoms with Crippen LogP contribution in [0.15, 0.2) is 6.33 Å². The normalized spacial score (nSPS) is 44.1. The molecule has 6 rings (SSSR count). The van der Waals surface area contributed by atoms with Crippen LogP contribution in [0.5, 0.6) is 0 Å². The molecule has 21 heavy (non-hydrogen) atoms. The van der Waals surface area contributed by atoms with Crippen molar-refractivity contribution in [2.45, 2.75) is 83.2 Å². The van der Waals surface area contributed by atoms with Crippen molar-refractivity contribution < 1.29 is 4.57 Å². The third-order valence-corrected chi connectivity index (χ3v) is 7.36. The fourth-order valence-electron chi connectivity index (χ4n) is 6.84. The Morgan fingerprint density at radius 3 is 2.29 bits per heavy atom. The average Bonchev–Trinajstić information content (AvgIpc) is 2.77. The lowest BCUT2D eigenvalue weighted by atomic mass is 9.53. The SMILES string of the molecule is Cc1c2[n+](cn1C13CC4CC(CC(C4)C1)C3)[C@@H](C)CCC2. The highest BCUT2D eigenvalue weighted by molar-refractivity contribution is 5.14. The standard InChI is InChI=1S/C19H29N2/c1-13-4-3-5-18-14(2)21(12-20(13)18)19-9-15-6-16(10-19)8-17(7-15)11-19/h12-13,15-17H,3-11H2,1-2H3/q+1/t13-,15?,16?,17?,19?/m0/s1. The summed E-state index contributed by atoms with van der Waals surface area (Å²) in [5.74, 6) is 3.12. The van der Waals surface area contributed by atoms with Crippen LogP contribution in [0.1, 0.15) is 75.7 Å². The Morgan fingerprint density at radius 2 is 1.71 bits per heavy atom. The van der Waals surface area contributed by atoms with Gasteiger partial charge in [0.05, 0.1) is 6.04 Å². The largest absolute Gasteiger partial charge is 0.244 e. The summed E-state index contributed by atoms with van der Waals surface area (Å²) in [5.41, 5.74) is 3.75. The number of hydrogen-bond acceptors (Lipinski definition) is 0. The zero-order valence-corrected chi connectivity index (χ0v) is 13.6. The lowest BCUT2D eigenvalue weighted by Crippen LogP contribution is -2.52. The zero-order chi connectivity index (χ0) is 14.2. The highest BCUT2D eigenvalue weighted by Crippen LogP contribution is 2.59. The Kier molecular flexibility index (Phi) is 2.51. The van der Waals surface area contributed by atoms with Gasteiger partial charge in [0.1, 0.15) is 16.9 Å². The second kappa shape index (κ2) is 4.14. The van der Waals surface area contributed by atoms with Crippen LogP contribution in [0.25, 0.3) is 0 Å². The molecule has 0 unspecified atom stereocenters. The van der Waals surface area contributed by atoms with Gasteiger partial charge in [0.25, 0.3) is 0 Å². The van der Waals surface area contributed by atoms with Crippen molar-refractivity contribution in [1.29, 1.82) is 0 Å². The Hall–Kier alpha value is -0.790. The van der Waals surface area contributed by atoms with Gasteiger partial charge in [-0.3, -0.25) is 0 Å². The van der Waals surface area contributed by atoms with E-state index >= 15 is 0 Å². The molecule has 4 aliphatic carbocycles. The Labute approximate surface area is 128 Å². The fraction of sp³-hybridized carbons (Fsp3) is 0.842. The van der Waals surface area contributed by atoms with Crippen molar-refractivity contribution >= 4 is 0 Å². The molecule has 4 saturated carbocycles. The lowest BCUT2D eigenvalue weighted by Gasteiger charge is -2.54. The smallest absolute Gasteiger partial charge is 0.231 e. The van der Waals surface area contributed by atoms with Crippen LogP contribution in [-0.4, -0.2) is 4.57 Å². The fourth-order valence-corrected chi connectivity index (χ4v) is 6.84. The van der Waals surface area contributed by atoms with Gasteiger partial charge in [0.2, 0.25) is 6.33 Å². The van der Waals surface area contributed by atoms with Gasteiger partial charge < -0.3 is 0 Å². The molecule has 5 aliphatic rings. The lowest BCUT2D eigenvalue weighted by molar-refractivity contribution is -0.731. The summed E-state index contributed by atoms with van der Waals surface area (Å²) in [5, 5.41) is 0. The maximum absolute atomic E-state index is 2.77. The number of imidazole rings is 1. The molecule has 0 aromatic carbocycles. The van der Waals surface area contributed by atoms with Gasteiger partial charge in [0.15, 0.2) is 0 Å². The van der Waals surface area contributed by atoms with Crippen LogP contribution < -0.4 is 4.57 Å². The molecule has 2 heterocycles. The monoisotopic (exact) mass is 285 g/mol. The number of rotatable bonds is 1. The van der Waals surface area contributed by atoms with E-state index in [1.54, 1.807) is 30.7 Å².